The van der Waals surface area contributed by atoms with Gasteiger partial charge in [0.25, 0.3) is 5.91 Å². The lowest BCUT2D eigenvalue weighted by molar-refractivity contribution is 0.102. The number of carbonyl (C=O) groups excluding carboxylic acids is 1. The summed E-state index contributed by atoms with van der Waals surface area (Å²) in [4.78, 5) is 27.1. The summed E-state index contributed by atoms with van der Waals surface area (Å²) >= 11 is 0. The molecule has 0 atom stereocenters. The summed E-state index contributed by atoms with van der Waals surface area (Å²) in [6.07, 6.45) is 0. The highest BCUT2D eigenvalue weighted by atomic mass is 16.2. The van der Waals surface area contributed by atoms with E-state index in [0.717, 1.165) is 29.8 Å². The number of amides is 1. The van der Waals surface area contributed by atoms with Crippen LogP contribution in [0.3, 0.4) is 0 Å². The van der Waals surface area contributed by atoms with Gasteiger partial charge >= 0.3 is 5.69 Å². The van der Waals surface area contributed by atoms with Crippen LogP contribution in [0.4, 0.5) is 11.4 Å². The molecule has 0 radical (unpaired) electrons. The molecule has 0 aliphatic carbocycles. The molecule has 0 saturated carbocycles. The van der Waals surface area contributed by atoms with Gasteiger partial charge in [0, 0.05) is 32.7 Å². The lowest BCUT2D eigenvalue weighted by Crippen LogP contribution is -2.24. The second kappa shape index (κ2) is 7.07. The van der Waals surface area contributed by atoms with Gasteiger partial charge in [-0.1, -0.05) is 18.2 Å². The summed E-state index contributed by atoms with van der Waals surface area (Å²) in [6.45, 7) is 5.75. The van der Waals surface area contributed by atoms with Crippen LogP contribution in [0.1, 0.15) is 24.2 Å². The van der Waals surface area contributed by atoms with E-state index in [1.807, 2.05) is 30.3 Å². The summed E-state index contributed by atoms with van der Waals surface area (Å²) in [6, 6.07) is 13.0. The van der Waals surface area contributed by atoms with Gasteiger partial charge < -0.3 is 10.2 Å². The minimum Gasteiger partial charge on any atom is -0.370 e. The number of anilines is 2. The van der Waals surface area contributed by atoms with Gasteiger partial charge in [-0.15, -0.1) is 0 Å². The molecule has 0 bridgehead atoms. The Hall–Kier alpha value is -3.02. The van der Waals surface area contributed by atoms with E-state index in [0.29, 0.717) is 11.3 Å². The number of hydrogen-bond acceptors (Lipinski definition) is 3. The van der Waals surface area contributed by atoms with Crippen molar-refractivity contribution in [2.45, 2.75) is 13.8 Å². The van der Waals surface area contributed by atoms with Gasteiger partial charge in [-0.3, -0.25) is 13.9 Å². The lowest BCUT2D eigenvalue weighted by Gasteiger charge is -2.24. The molecular weight excluding hydrogens is 328 g/mol. The van der Waals surface area contributed by atoms with Gasteiger partial charge in [0.05, 0.1) is 22.4 Å². The summed E-state index contributed by atoms with van der Waals surface area (Å²) < 4.78 is 3.23. The lowest BCUT2D eigenvalue weighted by atomic mass is 10.1. The third-order valence-electron chi connectivity index (χ3n) is 4.78. The summed E-state index contributed by atoms with van der Waals surface area (Å²) in [5.74, 6) is -0.167. The zero-order valence-corrected chi connectivity index (χ0v) is 15.6. The molecule has 1 heterocycles. The number of nitrogens with zero attached hydrogens (tertiary/aromatic N) is 3. The standard InChI is InChI=1S/C20H24N4O2/c1-5-24(6-2)16-13-18-17(22(3)20(26)23(18)4)12-15(16)21-19(25)14-10-8-7-9-11-14/h7-13H,5-6H2,1-4H3,(H,21,25). The van der Waals surface area contributed by atoms with Crippen molar-refractivity contribution in [3.8, 4) is 0 Å². The van der Waals surface area contributed by atoms with Crippen molar-refractivity contribution in [1.29, 1.82) is 0 Å². The predicted molar refractivity (Wildman–Crippen MR) is 106 cm³/mol. The highest BCUT2D eigenvalue weighted by Crippen LogP contribution is 2.31. The van der Waals surface area contributed by atoms with Crippen molar-refractivity contribution in [2.24, 2.45) is 14.1 Å². The maximum atomic E-state index is 12.7. The number of benzene rings is 2. The molecule has 136 valence electrons. The minimum absolute atomic E-state index is 0.0861. The number of aryl methyl sites for hydroxylation is 2. The topological polar surface area (TPSA) is 59.3 Å². The third kappa shape index (κ3) is 2.98. The number of carbonyl (C=O) groups is 1. The SMILES string of the molecule is CCN(CC)c1cc2c(cc1NC(=O)c1ccccc1)n(C)c(=O)n2C. The second-order valence-electron chi connectivity index (χ2n) is 6.25. The zero-order chi connectivity index (χ0) is 18.8. The van der Waals surface area contributed by atoms with Crippen LogP contribution in [0.5, 0.6) is 0 Å². The number of aromatic nitrogens is 2. The van der Waals surface area contributed by atoms with Gasteiger partial charge in [0.15, 0.2) is 0 Å². The first-order chi connectivity index (χ1) is 12.5. The van der Waals surface area contributed by atoms with E-state index in [9.17, 15) is 9.59 Å². The molecule has 1 amide bonds. The van der Waals surface area contributed by atoms with Crippen LogP contribution >= 0.6 is 0 Å². The molecular formula is C20H24N4O2. The molecule has 1 N–H and O–H groups in total. The molecule has 0 aliphatic rings. The van der Waals surface area contributed by atoms with Crippen molar-refractivity contribution >= 4 is 28.3 Å². The van der Waals surface area contributed by atoms with Crippen molar-refractivity contribution < 1.29 is 4.79 Å². The fourth-order valence-electron chi connectivity index (χ4n) is 3.24. The number of fused-ring (bicyclic) bond motifs is 1. The molecule has 0 saturated heterocycles. The van der Waals surface area contributed by atoms with E-state index < -0.39 is 0 Å². The van der Waals surface area contributed by atoms with Crippen molar-refractivity contribution in [1.82, 2.24) is 9.13 Å². The molecule has 0 aliphatic heterocycles. The fraction of sp³-hybridized carbons (Fsp3) is 0.300. The minimum atomic E-state index is -0.167. The number of rotatable bonds is 5. The molecule has 0 unspecified atom stereocenters. The molecule has 0 spiro atoms. The van der Waals surface area contributed by atoms with E-state index in [2.05, 4.69) is 24.1 Å². The smallest absolute Gasteiger partial charge is 0.328 e. The van der Waals surface area contributed by atoms with E-state index >= 15 is 0 Å². The molecule has 6 nitrogen and oxygen atoms in total. The van der Waals surface area contributed by atoms with E-state index in [1.165, 1.54) is 0 Å². The third-order valence-corrected chi connectivity index (χ3v) is 4.78. The van der Waals surface area contributed by atoms with Gasteiger partial charge in [0.2, 0.25) is 0 Å². The fourth-order valence-corrected chi connectivity index (χ4v) is 3.24. The van der Waals surface area contributed by atoms with Crippen LogP contribution in [0.15, 0.2) is 47.3 Å². The van der Waals surface area contributed by atoms with Crippen molar-refractivity contribution in [3.63, 3.8) is 0 Å². The summed E-state index contributed by atoms with van der Waals surface area (Å²) in [5.41, 5.74) is 3.76. The Morgan fingerprint density at radius 1 is 1.00 bits per heavy atom. The van der Waals surface area contributed by atoms with E-state index in [-0.39, 0.29) is 11.6 Å². The van der Waals surface area contributed by atoms with Crippen molar-refractivity contribution in [2.75, 3.05) is 23.3 Å². The molecule has 6 heteroatoms. The van der Waals surface area contributed by atoms with Gasteiger partial charge in [0.1, 0.15) is 0 Å². The Balaban J connectivity index is 2.15. The van der Waals surface area contributed by atoms with Crippen LogP contribution in [0.2, 0.25) is 0 Å². The largest absolute Gasteiger partial charge is 0.370 e. The first kappa shape index (κ1) is 17.8. The molecule has 3 aromatic rings. The second-order valence-corrected chi connectivity index (χ2v) is 6.25. The monoisotopic (exact) mass is 352 g/mol. The van der Waals surface area contributed by atoms with Crippen molar-refractivity contribution in [3.05, 3.63) is 58.5 Å². The Kier molecular flexibility index (Phi) is 4.84. The summed E-state index contributed by atoms with van der Waals surface area (Å²) in [5, 5.41) is 3.02. The molecule has 1 aromatic heterocycles. The maximum absolute atomic E-state index is 12.7. The molecule has 0 fully saturated rings. The maximum Gasteiger partial charge on any atom is 0.328 e. The predicted octanol–water partition coefficient (Wildman–Crippen LogP) is 2.98. The van der Waals surface area contributed by atoms with Gasteiger partial charge in [-0.05, 0) is 38.1 Å². The first-order valence-electron chi connectivity index (χ1n) is 8.78. The number of hydrogen-bond donors (Lipinski definition) is 1. The molecule has 3 rings (SSSR count). The van der Waals surface area contributed by atoms with Crippen LogP contribution in [-0.2, 0) is 14.1 Å². The van der Waals surface area contributed by atoms with Gasteiger partial charge in [-0.2, -0.15) is 0 Å². The van der Waals surface area contributed by atoms with Crippen LogP contribution in [0, 0.1) is 0 Å². The highest BCUT2D eigenvalue weighted by Gasteiger charge is 2.17. The van der Waals surface area contributed by atoms with Crippen LogP contribution < -0.4 is 15.9 Å². The highest BCUT2D eigenvalue weighted by molar-refractivity contribution is 6.07. The number of imidazole rings is 1. The first-order valence-corrected chi connectivity index (χ1v) is 8.78. The Bertz CT molecular complexity index is 998. The zero-order valence-electron chi connectivity index (χ0n) is 15.6. The van der Waals surface area contributed by atoms with Crippen LogP contribution in [0.25, 0.3) is 11.0 Å². The molecule has 26 heavy (non-hydrogen) atoms. The Labute approximate surface area is 152 Å². The average Bonchev–Trinajstić information content (AvgIpc) is 2.87. The normalized spacial score (nSPS) is 10.9. The van der Waals surface area contributed by atoms with Crippen LogP contribution in [-0.4, -0.2) is 28.1 Å². The Morgan fingerprint density at radius 2 is 1.58 bits per heavy atom. The number of nitrogens with one attached hydrogen (secondary N) is 1. The average molecular weight is 352 g/mol. The molecule has 2 aromatic carbocycles. The van der Waals surface area contributed by atoms with E-state index in [4.69, 9.17) is 0 Å². The quantitative estimate of drug-likeness (QED) is 0.768. The van der Waals surface area contributed by atoms with E-state index in [1.54, 1.807) is 35.4 Å². The Morgan fingerprint density at radius 3 is 2.15 bits per heavy atom. The summed E-state index contributed by atoms with van der Waals surface area (Å²) in [7, 11) is 3.50. The van der Waals surface area contributed by atoms with Gasteiger partial charge in [-0.25, -0.2) is 4.79 Å².